The van der Waals surface area contributed by atoms with Crippen LogP contribution in [0, 0.1) is 0 Å². The Labute approximate surface area is 135 Å². The lowest BCUT2D eigenvalue weighted by Crippen LogP contribution is -2.44. The molecule has 2 heterocycles. The molecular formula is C17H21N5O. The number of hydrogen-bond donors (Lipinski definition) is 1. The molecule has 1 aliphatic rings. The second-order valence-corrected chi connectivity index (χ2v) is 5.79. The number of para-hydroxylation sites is 1. The maximum atomic E-state index is 13.0. The van der Waals surface area contributed by atoms with E-state index in [4.69, 9.17) is 5.73 Å². The second kappa shape index (κ2) is 6.24. The van der Waals surface area contributed by atoms with E-state index < -0.39 is 0 Å². The number of carbonyl (C=O) groups excluding carboxylic acids is 1. The molecule has 0 spiro atoms. The van der Waals surface area contributed by atoms with Gasteiger partial charge >= 0.3 is 0 Å². The number of benzene rings is 1. The minimum absolute atomic E-state index is 0.0984. The predicted molar refractivity (Wildman–Crippen MR) is 90.1 cm³/mol. The Morgan fingerprint density at radius 3 is 2.78 bits per heavy atom. The quantitative estimate of drug-likeness (QED) is 0.917. The zero-order chi connectivity index (χ0) is 16.4. The highest BCUT2D eigenvalue weighted by atomic mass is 16.2. The van der Waals surface area contributed by atoms with E-state index in [2.05, 4.69) is 41.0 Å². The van der Waals surface area contributed by atoms with Crippen LogP contribution in [0.15, 0.2) is 36.7 Å². The number of hydrogen-bond acceptors (Lipinski definition) is 5. The first kappa shape index (κ1) is 15.3. The molecule has 2 N–H and O–H groups in total. The van der Waals surface area contributed by atoms with Crippen molar-refractivity contribution in [2.75, 3.05) is 24.2 Å². The minimum Gasteiger partial charge on any atom is -0.382 e. The number of rotatable bonds is 2. The average molecular weight is 311 g/mol. The molecule has 1 aromatic heterocycles. The lowest BCUT2D eigenvalue weighted by molar-refractivity contribution is 0.0662. The molecule has 0 saturated carbocycles. The Bertz CT molecular complexity index is 718. The standard InChI is InChI=1S/C17H21N5O/c1-3-13-11-21(2)14-7-5-4-6-12(14)10-22(13)17(23)15-16(18)20-9-8-19-15/h4-9,13H,3,10-11H2,1-2H3,(H2,18,20)/t13-/m1/s1. The number of likely N-dealkylation sites (N-methyl/N-ethyl adjacent to an activating group) is 1. The van der Waals surface area contributed by atoms with Gasteiger partial charge in [-0.05, 0) is 18.1 Å². The SMILES string of the molecule is CC[C@@H]1CN(C)c2ccccc2CN1C(=O)c1nccnc1N. The van der Waals surface area contributed by atoms with E-state index in [-0.39, 0.29) is 23.5 Å². The van der Waals surface area contributed by atoms with Gasteiger partial charge < -0.3 is 15.5 Å². The monoisotopic (exact) mass is 311 g/mol. The fourth-order valence-electron chi connectivity index (χ4n) is 3.08. The summed E-state index contributed by atoms with van der Waals surface area (Å²) in [5.74, 6) is 0.0193. The van der Waals surface area contributed by atoms with Crippen molar-refractivity contribution in [2.24, 2.45) is 0 Å². The molecule has 2 aromatic rings. The van der Waals surface area contributed by atoms with Crippen LogP contribution in [0.4, 0.5) is 11.5 Å². The second-order valence-electron chi connectivity index (χ2n) is 5.79. The fraction of sp³-hybridized carbons (Fsp3) is 0.353. The van der Waals surface area contributed by atoms with Crippen LogP contribution in [0.25, 0.3) is 0 Å². The lowest BCUT2D eigenvalue weighted by Gasteiger charge is -2.30. The first-order valence-electron chi connectivity index (χ1n) is 7.78. The summed E-state index contributed by atoms with van der Waals surface area (Å²) in [6, 6.07) is 8.27. The van der Waals surface area contributed by atoms with Gasteiger partial charge in [-0.25, -0.2) is 9.97 Å². The lowest BCUT2D eigenvalue weighted by atomic mass is 10.1. The number of anilines is 2. The van der Waals surface area contributed by atoms with Crippen molar-refractivity contribution in [1.82, 2.24) is 14.9 Å². The van der Waals surface area contributed by atoms with E-state index in [0.29, 0.717) is 6.54 Å². The Morgan fingerprint density at radius 2 is 2.04 bits per heavy atom. The van der Waals surface area contributed by atoms with Gasteiger partial charge in [0.05, 0.1) is 0 Å². The van der Waals surface area contributed by atoms with Crippen LogP contribution in [0.1, 0.15) is 29.4 Å². The third kappa shape index (κ3) is 2.84. The van der Waals surface area contributed by atoms with Gasteiger partial charge in [-0.2, -0.15) is 0 Å². The van der Waals surface area contributed by atoms with Crippen LogP contribution in [0.2, 0.25) is 0 Å². The van der Waals surface area contributed by atoms with Gasteiger partial charge in [-0.15, -0.1) is 0 Å². The molecule has 1 aromatic carbocycles. The van der Waals surface area contributed by atoms with Gasteiger partial charge in [-0.3, -0.25) is 4.79 Å². The van der Waals surface area contributed by atoms with E-state index in [1.807, 2.05) is 17.0 Å². The molecule has 0 fully saturated rings. The zero-order valence-electron chi connectivity index (χ0n) is 13.4. The van der Waals surface area contributed by atoms with Crippen molar-refractivity contribution in [1.29, 1.82) is 0 Å². The smallest absolute Gasteiger partial charge is 0.276 e. The van der Waals surface area contributed by atoms with Crippen LogP contribution >= 0.6 is 0 Å². The van der Waals surface area contributed by atoms with Gasteiger partial charge in [0.2, 0.25) is 0 Å². The number of nitrogens with zero attached hydrogens (tertiary/aromatic N) is 4. The molecule has 0 saturated heterocycles. The summed E-state index contributed by atoms with van der Waals surface area (Å²) in [5, 5.41) is 0. The van der Waals surface area contributed by atoms with Crippen molar-refractivity contribution in [2.45, 2.75) is 25.9 Å². The molecule has 0 radical (unpaired) electrons. The fourth-order valence-corrected chi connectivity index (χ4v) is 3.08. The third-order valence-electron chi connectivity index (χ3n) is 4.33. The number of amides is 1. The van der Waals surface area contributed by atoms with Crippen molar-refractivity contribution >= 4 is 17.4 Å². The summed E-state index contributed by atoms with van der Waals surface area (Å²) in [6.45, 7) is 3.42. The predicted octanol–water partition coefficient (Wildman–Crippen LogP) is 1.93. The molecular weight excluding hydrogens is 290 g/mol. The zero-order valence-corrected chi connectivity index (χ0v) is 13.4. The van der Waals surface area contributed by atoms with Crippen LogP contribution < -0.4 is 10.6 Å². The molecule has 0 unspecified atom stereocenters. The molecule has 6 heteroatoms. The van der Waals surface area contributed by atoms with E-state index in [1.54, 1.807) is 0 Å². The van der Waals surface area contributed by atoms with E-state index in [0.717, 1.165) is 24.2 Å². The van der Waals surface area contributed by atoms with Crippen molar-refractivity contribution in [3.63, 3.8) is 0 Å². The molecule has 120 valence electrons. The molecule has 1 amide bonds. The largest absolute Gasteiger partial charge is 0.382 e. The normalized spacial score (nSPS) is 17.6. The molecule has 3 rings (SSSR count). The number of nitrogens with two attached hydrogens (primary N) is 1. The summed E-state index contributed by atoms with van der Waals surface area (Å²) in [6.07, 6.45) is 3.86. The van der Waals surface area contributed by atoms with Gasteiger partial charge in [0.1, 0.15) is 0 Å². The van der Waals surface area contributed by atoms with Gasteiger partial charge in [0.15, 0.2) is 11.5 Å². The van der Waals surface area contributed by atoms with Gasteiger partial charge in [-0.1, -0.05) is 25.1 Å². The molecule has 0 bridgehead atoms. The van der Waals surface area contributed by atoms with Crippen molar-refractivity contribution in [3.8, 4) is 0 Å². The minimum atomic E-state index is -0.160. The number of fused-ring (bicyclic) bond motifs is 1. The Hall–Kier alpha value is -2.63. The van der Waals surface area contributed by atoms with Crippen molar-refractivity contribution < 1.29 is 4.79 Å². The molecule has 23 heavy (non-hydrogen) atoms. The summed E-state index contributed by atoms with van der Waals surface area (Å²) in [5.41, 5.74) is 8.36. The van der Waals surface area contributed by atoms with E-state index in [9.17, 15) is 4.79 Å². The Balaban J connectivity index is 2.00. The van der Waals surface area contributed by atoms with Gasteiger partial charge in [0.25, 0.3) is 5.91 Å². The highest BCUT2D eigenvalue weighted by molar-refractivity contribution is 5.96. The molecule has 1 atom stereocenters. The topological polar surface area (TPSA) is 75.3 Å². The van der Waals surface area contributed by atoms with Gasteiger partial charge in [0, 0.05) is 44.3 Å². The molecule has 6 nitrogen and oxygen atoms in total. The third-order valence-corrected chi connectivity index (χ3v) is 4.33. The maximum Gasteiger partial charge on any atom is 0.276 e. The Kier molecular flexibility index (Phi) is 4.14. The number of carbonyl (C=O) groups is 1. The average Bonchev–Trinajstić information content (AvgIpc) is 2.71. The summed E-state index contributed by atoms with van der Waals surface area (Å²) < 4.78 is 0. The molecule has 0 aliphatic carbocycles. The number of aromatic nitrogens is 2. The first-order chi connectivity index (χ1) is 11.1. The van der Waals surface area contributed by atoms with Crippen LogP contribution in [0.5, 0.6) is 0 Å². The summed E-state index contributed by atoms with van der Waals surface area (Å²) in [4.78, 5) is 25.2. The van der Waals surface area contributed by atoms with E-state index >= 15 is 0 Å². The Morgan fingerprint density at radius 1 is 1.30 bits per heavy atom. The highest BCUT2D eigenvalue weighted by Crippen LogP contribution is 2.28. The number of nitrogen functional groups attached to an aromatic ring is 1. The van der Waals surface area contributed by atoms with Crippen LogP contribution in [0.3, 0.4) is 0 Å². The summed E-state index contributed by atoms with van der Waals surface area (Å²) >= 11 is 0. The summed E-state index contributed by atoms with van der Waals surface area (Å²) in [7, 11) is 2.06. The van der Waals surface area contributed by atoms with Crippen molar-refractivity contribution in [3.05, 3.63) is 47.9 Å². The van der Waals surface area contributed by atoms with Crippen LogP contribution in [-0.2, 0) is 6.54 Å². The maximum absolute atomic E-state index is 13.0. The highest BCUT2D eigenvalue weighted by Gasteiger charge is 2.30. The van der Waals surface area contributed by atoms with Crippen LogP contribution in [-0.4, -0.2) is 40.4 Å². The molecule has 1 aliphatic heterocycles. The first-order valence-corrected chi connectivity index (χ1v) is 7.78. The van der Waals surface area contributed by atoms with E-state index in [1.165, 1.54) is 12.4 Å².